The van der Waals surface area contributed by atoms with Crippen molar-refractivity contribution in [2.45, 2.75) is 59.0 Å². The lowest BCUT2D eigenvalue weighted by molar-refractivity contribution is 0.337. The van der Waals surface area contributed by atoms with Gasteiger partial charge in [-0.3, -0.25) is 4.98 Å². The first-order chi connectivity index (χ1) is 10.5. The number of dihydropyridines is 1. The van der Waals surface area contributed by atoms with Crippen LogP contribution in [0.2, 0.25) is 0 Å². The molecule has 2 atom stereocenters. The van der Waals surface area contributed by atoms with E-state index in [-0.39, 0.29) is 0 Å². The molecule has 2 N–H and O–H groups in total. The second-order valence-corrected chi connectivity index (χ2v) is 6.86. The molecule has 2 aliphatic heterocycles. The minimum atomic E-state index is 0.369. The summed E-state index contributed by atoms with van der Waals surface area (Å²) in [5.74, 6) is 0. The number of aromatic nitrogens is 1. The normalized spacial score (nSPS) is 25.7. The van der Waals surface area contributed by atoms with Gasteiger partial charge in [-0.2, -0.15) is 0 Å². The predicted octanol–water partition coefficient (Wildman–Crippen LogP) is 3.71. The number of nitrogens with one attached hydrogen (secondary N) is 2. The molecule has 0 saturated carbocycles. The lowest BCUT2D eigenvalue weighted by Gasteiger charge is -2.35. The van der Waals surface area contributed by atoms with Gasteiger partial charge in [0.15, 0.2) is 0 Å². The fourth-order valence-electron chi connectivity index (χ4n) is 3.74. The van der Waals surface area contributed by atoms with Gasteiger partial charge in [-0.15, -0.1) is 0 Å². The monoisotopic (exact) mass is 297 g/mol. The molecule has 1 aromatic rings. The highest BCUT2D eigenvalue weighted by molar-refractivity contribution is 5.34. The molecule has 1 saturated heterocycles. The smallest absolute Gasteiger partial charge is 0.0602 e. The topological polar surface area (TPSA) is 37.0 Å². The van der Waals surface area contributed by atoms with Crippen molar-refractivity contribution in [3.63, 3.8) is 0 Å². The molecule has 2 aliphatic rings. The Morgan fingerprint density at radius 1 is 1.09 bits per heavy atom. The second-order valence-electron chi connectivity index (χ2n) is 6.86. The number of aryl methyl sites for hydroxylation is 2. The van der Waals surface area contributed by atoms with Crippen LogP contribution in [0.5, 0.6) is 0 Å². The van der Waals surface area contributed by atoms with Crippen molar-refractivity contribution >= 4 is 0 Å². The van der Waals surface area contributed by atoms with Gasteiger partial charge < -0.3 is 10.6 Å². The predicted molar refractivity (Wildman–Crippen MR) is 91.7 cm³/mol. The Bertz CT molecular complexity index is 628. The van der Waals surface area contributed by atoms with Crippen molar-refractivity contribution in [3.05, 3.63) is 52.0 Å². The van der Waals surface area contributed by atoms with Gasteiger partial charge in [0.05, 0.1) is 11.7 Å². The van der Waals surface area contributed by atoms with Crippen LogP contribution in [0.4, 0.5) is 0 Å². The summed E-state index contributed by atoms with van der Waals surface area (Å²) in [5.41, 5.74) is 7.91. The van der Waals surface area contributed by atoms with Crippen LogP contribution >= 0.6 is 0 Å². The van der Waals surface area contributed by atoms with Crippen LogP contribution in [0.3, 0.4) is 0 Å². The maximum Gasteiger partial charge on any atom is 0.0602 e. The van der Waals surface area contributed by atoms with Gasteiger partial charge in [-0.1, -0.05) is 17.7 Å². The van der Waals surface area contributed by atoms with Gasteiger partial charge in [0.2, 0.25) is 0 Å². The average molecular weight is 297 g/mol. The molecule has 3 rings (SSSR count). The van der Waals surface area contributed by atoms with Crippen molar-refractivity contribution in [1.82, 2.24) is 15.6 Å². The summed E-state index contributed by atoms with van der Waals surface area (Å²) in [5, 5.41) is 7.45. The molecule has 3 nitrogen and oxygen atoms in total. The summed E-state index contributed by atoms with van der Waals surface area (Å²) in [6.07, 6.45) is 7.93. The number of pyridine rings is 1. The van der Waals surface area contributed by atoms with E-state index in [0.29, 0.717) is 12.1 Å². The van der Waals surface area contributed by atoms with Crippen molar-refractivity contribution in [2.24, 2.45) is 0 Å². The molecule has 0 aromatic carbocycles. The molecule has 0 bridgehead atoms. The zero-order chi connectivity index (χ0) is 15.7. The Kier molecular flexibility index (Phi) is 4.34. The van der Waals surface area contributed by atoms with Crippen molar-refractivity contribution in [2.75, 3.05) is 6.54 Å². The summed E-state index contributed by atoms with van der Waals surface area (Å²) < 4.78 is 0. The molecule has 1 aromatic heterocycles. The standard InChI is InChI=1S/C19H27N3/c1-12-8-14(3)18(20-10-12)16-6-5-7-17(22-16)19-15(4)9-13(2)11-21-19/h8-10,16-17,21-22H,5-7,11H2,1-4H3/t16-,17+/m0/s1. The van der Waals surface area contributed by atoms with E-state index < -0.39 is 0 Å². The molecule has 118 valence electrons. The Morgan fingerprint density at radius 3 is 2.59 bits per heavy atom. The fourth-order valence-corrected chi connectivity index (χ4v) is 3.74. The van der Waals surface area contributed by atoms with E-state index in [9.17, 15) is 0 Å². The molecule has 1 fully saturated rings. The first-order valence-electron chi connectivity index (χ1n) is 8.35. The number of hydrogen-bond donors (Lipinski definition) is 2. The van der Waals surface area contributed by atoms with Crippen LogP contribution in [0.15, 0.2) is 35.2 Å². The molecule has 22 heavy (non-hydrogen) atoms. The number of allylic oxidation sites excluding steroid dienone is 2. The summed E-state index contributed by atoms with van der Waals surface area (Å²) in [4.78, 5) is 4.70. The number of hydrogen-bond acceptors (Lipinski definition) is 3. The van der Waals surface area contributed by atoms with Gasteiger partial charge in [-0.05, 0) is 63.7 Å². The van der Waals surface area contributed by atoms with E-state index in [1.165, 1.54) is 52.9 Å². The summed E-state index contributed by atoms with van der Waals surface area (Å²) in [7, 11) is 0. The molecule has 0 amide bonds. The van der Waals surface area contributed by atoms with Gasteiger partial charge in [0.1, 0.15) is 0 Å². The van der Waals surface area contributed by atoms with E-state index in [2.05, 4.69) is 50.5 Å². The second kappa shape index (κ2) is 6.25. The lowest BCUT2D eigenvalue weighted by atomic mass is 9.90. The van der Waals surface area contributed by atoms with Gasteiger partial charge >= 0.3 is 0 Å². The molecule has 0 unspecified atom stereocenters. The van der Waals surface area contributed by atoms with Crippen molar-refractivity contribution in [3.8, 4) is 0 Å². The highest BCUT2D eigenvalue weighted by Gasteiger charge is 2.28. The molecular weight excluding hydrogens is 270 g/mol. The van der Waals surface area contributed by atoms with E-state index in [1.807, 2.05) is 6.20 Å². The van der Waals surface area contributed by atoms with E-state index >= 15 is 0 Å². The molecule has 3 heterocycles. The zero-order valence-corrected chi connectivity index (χ0v) is 14.2. The maximum atomic E-state index is 4.70. The first kappa shape index (κ1) is 15.3. The number of piperidine rings is 1. The van der Waals surface area contributed by atoms with Crippen LogP contribution in [0.1, 0.15) is 56.0 Å². The Hall–Kier alpha value is -1.61. The lowest BCUT2D eigenvalue weighted by Crippen LogP contribution is -2.43. The third kappa shape index (κ3) is 3.09. The number of nitrogens with zero attached hydrogens (tertiary/aromatic N) is 1. The molecule has 3 heteroatoms. The number of rotatable bonds is 2. The summed E-state index contributed by atoms with van der Waals surface area (Å²) in [6.45, 7) is 9.65. The largest absolute Gasteiger partial charge is 0.383 e. The zero-order valence-electron chi connectivity index (χ0n) is 14.2. The third-order valence-corrected chi connectivity index (χ3v) is 4.77. The van der Waals surface area contributed by atoms with E-state index in [1.54, 1.807) is 0 Å². The van der Waals surface area contributed by atoms with Crippen molar-refractivity contribution in [1.29, 1.82) is 0 Å². The minimum absolute atomic E-state index is 0.369. The fraction of sp³-hybridized carbons (Fsp3) is 0.526. The highest BCUT2D eigenvalue weighted by atomic mass is 15.0. The van der Waals surface area contributed by atoms with Crippen LogP contribution in [-0.2, 0) is 0 Å². The average Bonchev–Trinajstić information content (AvgIpc) is 2.47. The van der Waals surface area contributed by atoms with Crippen LogP contribution in [-0.4, -0.2) is 17.6 Å². The van der Waals surface area contributed by atoms with Gasteiger partial charge in [0.25, 0.3) is 0 Å². The van der Waals surface area contributed by atoms with E-state index in [0.717, 1.165) is 6.54 Å². The van der Waals surface area contributed by atoms with Crippen molar-refractivity contribution < 1.29 is 0 Å². The van der Waals surface area contributed by atoms with Gasteiger partial charge in [-0.25, -0.2) is 0 Å². The van der Waals surface area contributed by atoms with E-state index in [4.69, 9.17) is 4.98 Å². The quantitative estimate of drug-likeness (QED) is 0.874. The SMILES string of the molecule is CC1=CC(C)=C([C@H]2CCC[C@@H](c3ncc(C)cc3C)N2)NC1. The van der Waals surface area contributed by atoms with Gasteiger partial charge in [0, 0.05) is 24.5 Å². The first-order valence-corrected chi connectivity index (χ1v) is 8.35. The molecule has 0 aliphatic carbocycles. The Morgan fingerprint density at radius 2 is 1.86 bits per heavy atom. The summed E-state index contributed by atoms with van der Waals surface area (Å²) in [6, 6.07) is 3.03. The third-order valence-electron chi connectivity index (χ3n) is 4.77. The molecule has 0 spiro atoms. The Labute approximate surface area is 133 Å². The molecular formula is C19H27N3. The molecule has 0 radical (unpaired) electrons. The Balaban J connectivity index is 1.81. The minimum Gasteiger partial charge on any atom is -0.383 e. The highest BCUT2D eigenvalue weighted by Crippen LogP contribution is 2.30. The van der Waals surface area contributed by atoms with Crippen LogP contribution in [0, 0.1) is 13.8 Å². The summed E-state index contributed by atoms with van der Waals surface area (Å²) >= 11 is 0. The van der Waals surface area contributed by atoms with Crippen LogP contribution in [0.25, 0.3) is 0 Å². The van der Waals surface area contributed by atoms with Crippen LogP contribution < -0.4 is 10.6 Å². The maximum absolute atomic E-state index is 4.70.